The molecule has 13 heavy (non-hydrogen) atoms. The van der Waals surface area contributed by atoms with Crippen molar-refractivity contribution in [3.8, 4) is 0 Å². The molecule has 78 valence electrons. The molecule has 0 amide bonds. The average molecular weight is 184 g/mol. The van der Waals surface area contributed by atoms with E-state index < -0.39 is 0 Å². The molecule has 0 aromatic rings. The van der Waals surface area contributed by atoms with Gasteiger partial charge in [0.1, 0.15) is 0 Å². The van der Waals surface area contributed by atoms with Gasteiger partial charge in [0.05, 0.1) is 0 Å². The summed E-state index contributed by atoms with van der Waals surface area (Å²) in [4.78, 5) is 4.79. The van der Waals surface area contributed by atoms with Gasteiger partial charge in [-0.25, -0.2) is 0 Å². The Kier molecular flexibility index (Phi) is 4.20. The normalized spacial score (nSPS) is 29.1. The number of likely N-dealkylation sites (N-methyl/N-ethyl adjacent to an activating group) is 2. The third-order valence-electron chi connectivity index (χ3n) is 3.19. The van der Waals surface area contributed by atoms with Crippen molar-refractivity contribution in [2.75, 3.05) is 34.2 Å². The largest absolute Gasteiger partial charge is 0.308 e. The maximum Gasteiger partial charge on any atom is 0.0109 e. The third kappa shape index (κ3) is 3.65. The number of hydrogen-bond acceptors (Lipinski definition) is 2. The quantitative estimate of drug-likeness (QED) is 0.656. The van der Waals surface area contributed by atoms with Crippen molar-refractivity contribution in [1.82, 2.24) is 9.80 Å². The van der Waals surface area contributed by atoms with Gasteiger partial charge < -0.3 is 9.80 Å². The van der Waals surface area contributed by atoms with Crippen LogP contribution in [-0.2, 0) is 0 Å². The van der Waals surface area contributed by atoms with Gasteiger partial charge >= 0.3 is 0 Å². The van der Waals surface area contributed by atoms with Crippen LogP contribution in [0.15, 0.2) is 0 Å². The summed E-state index contributed by atoms with van der Waals surface area (Å²) in [6, 6.07) is 0.856. The van der Waals surface area contributed by atoms with Gasteiger partial charge in [-0.05, 0) is 46.3 Å². The van der Waals surface area contributed by atoms with Gasteiger partial charge in [-0.15, -0.1) is 0 Å². The summed E-state index contributed by atoms with van der Waals surface area (Å²) >= 11 is 0. The molecule has 2 heteroatoms. The lowest BCUT2D eigenvalue weighted by molar-refractivity contribution is 0.216. The van der Waals surface area contributed by atoms with E-state index in [9.17, 15) is 0 Å². The molecule has 2 unspecified atom stereocenters. The van der Waals surface area contributed by atoms with Gasteiger partial charge in [-0.3, -0.25) is 0 Å². The van der Waals surface area contributed by atoms with Crippen LogP contribution >= 0.6 is 0 Å². The predicted octanol–water partition coefficient (Wildman–Crippen LogP) is 1.67. The third-order valence-corrected chi connectivity index (χ3v) is 3.19. The SMILES string of the molecule is CC1CCC(N(C)CCN(C)C)C1. The highest BCUT2D eigenvalue weighted by Gasteiger charge is 2.24. The Morgan fingerprint density at radius 3 is 2.23 bits per heavy atom. The molecular weight excluding hydrogens is 160 g/mol. The molecule has 1 aliphatic rings. The molecule has 2 nitrogen and oxygen atoms in total. The minimum Gasteiger partial charge on any atom is -0.308 e. The van der Waals surface area contributed by atoms with E-state index in [0.717, 1.165) is 12.0 Å². The van der Waals surface area contributed by atoms with Crippen LogP contribution in [-0.4, -0.2) is 50.1 Å². The van der Waals surface area contributed by atoms with Crippen LogP contribution in [0.1, 0.15) is 26.2 Å². The van der Waals surface area contributed by atoms with E-state index in [2.05, 4.69) is 37.9 Å². The Bertz CT molecular complexity index is 145. The molecule has 1 aliphatic carbocycles. The number of rotatable bonds is 4. The van der Waals surface area contributed by atoms with Crippen molar-refractivity contribution in [2.45, 2.75) is 32.2 Å². The molecule has 1 fully saturated rings. The van der Waals surface area contributed by atoms with E-state index >= 15 is 0 Å². The number of hydrogen-bond donors (Lipinski definition) is 0. The summed E-state index contributed by atoms with van der Waals surface area (Å²) in [5.41, 5.74) is 0. The fourth-order valence-corrected chi connectivity index (χ4v) is 2.12. The molecule has 0 N–H and O–H groups in total. The highest BCUT2D eigenvalue weighted by Crippen LogP contribution is 2.27. The molecule has 0 bridgehead atoms. The highest BCUT2D eigenvalue weighted by molar-refractivity contribution is 4.79. The van der Waals surface area contributed by atoms with Crippen LogP contribution in [0.4, 0.5) is 0 Å². The molecule has 1 rings (SSSR count). The van der Waals surface area contributed by atoms with E-state index in [0.29, 0.717) is 0 Å². The lowest BCUT2D eigenvalue weighted by atomic mass is 10.1. The lowest BCUT2D eigenvalue weighted by Crippen LogP contribution is -2.35. The molecule has 1 saturated carbocycles. The fourth-order valence-electron chi connectivity index (χ4n) is 2.12. The molecule has 0 aromatic carbocycles. The molecule has 0 aromatic heterocycles. The monoisotopic (exact) mass is 184 g/mol. The Morgan fingerprint density at radius 1 is 1.08 bits per heavy atom. The van der Waals surface area contributed by atoms with Crippen molar-refractivity contribution in [1.29, 1.82) is 0 Å². The number of nitrogens with zero attached hydrogens (tertiary/aromatic N) is 2. The van der Waals surface area contributed by atoms with E-state index in [-0.39, 0.29) is 0 Å². The Balaban J connectivity index is 2.19. The first-order chi connectivity index (χ1) is 6.09. The van der Waals surface area contributed by atoms with Gasteiger partial charge in [0, 0.05) is 19.1 Å². The Labute approximate surface area is 82.9 Å². The van der Waals surface area contributed by atoms with E-state index in [1.165, 1.54) is 32.4 Å². The van der Waals surface area contributed by atoms with Crippen molar-refractivity contribution < 1.29 is 0 Å². The van der Waals surface area contributed by atoms with Crippen molar-refractivity contribution in [3.05, 3.63) is 0 Å². The maximum absolute atomic E-state index is 2.53. The molecule has 0 saturated heterocycles. The maximum atomic E-state index is 2.53. The standard InChI is InChI=1S/C11H24N2/c1-10-5-6-11(9-10)13(4)8-7-12(2)3/h10-11H,5-9H2,1-4H3. The molecule has 0 heterocycles. The van der Waals surface area contributed by atoms with Crippen molar-refractivity contribution >= 4 is 0 Å². The fraction of sp³-hybridized carbons (Fsp3) is 1.00. The van der Waals surface area contributed by atoms with Gasteiger partial charge in [-0.2, -0.15) is 0 Å². The highest BCUT2D eigenvalue weighted by atomic mass is 15.2. The summed E-state index contributed by atoms with van der Waals surface area (Å²) in [5, 5.41) is 0. The van der Waals surface area contributed by atoms with Crippen LogP contribution < -0.4 is 0 Å². The molecule has 2 atom stereocenters. The van der Waals surface area contributed by atoms with Gasteiger partial charge in [0.15, 0.2) is 0 Å². The van der Waals surface area contributed by atoms with E-state index in [4.69, 9.17) is 0 Å². The van der Waals surface area contributed by atoms with Gasteiger partial charge in [-0.1, -0.05) is 6.92 Å². The van der Waals surface area contributed by atoms with E-state index in [1.54, 1.807) is 0 Å². The molecular formula is C11H24N2. The minimum atomic E-state index is 0.856. The summed E-state index contributed by atoms with van der Waals surface area (Å²) in [6.45, 7) is 4.77. The zero-order chi connectivity index (χ0) is 9.84. The van der Waals surface area contributed by atoms with Crippen LogP contribution in [0.3, 0.4) is 0 Å². The predicted molar refractivity (Wildman–Crippen MR) is 58.0 cm³/mol. The summed E-state index contributed by atoms with van der Waals surface area (Å²) < 4.78 is 0. The minimum absolute atomic E-state index is 0.856. The van der Waals surface area contributed by atoms with Gasteiger partial charge in [0.2, 0.25) is 0 Å². The first-order valence-corrected chi connectivity index (χ1v) is 5.44. The Hall–Kier alpha value is -0.0800. The van der Waals surface area contributed by atoms with Crippen LogP contribution in [0.5, 0.6) is 0 Å². The summed E-state index contributed by atoms with van der Waals surface area (Å²) in [6.07, 6.45) is 4.24. The molecule has 0 spiro atoms. The second kappa shape index (κ2) is 4.97. The first-order valence-electron chi connectivity index (χ1n) is 5.44. The second-order valence-electron chi connectivity index (χ2n) is 4.86. The Morgan fingerprint density at radius 2 is 1.77 bits per heavy atom. The molecule has 0 aliphatic heterocycles. The van der Waals surface area contributed by atoms with Crippen molar-refractivity contribution in [2.24, 2.45) is 5.92 Å². The van der Waals surface area contributed by atoms with Crippen LogP contribution in [0, 0.1) is 5.92 Å². The van der Waals surface area contributed by atoms with Crippen LogP contribution in [0.25, 0.3) is 0 Å². The zero-order valence-corrected chi connectivity index (χ0v) is 9.58. The second-order valence-corrected chi connectivity index (χ2v) is 4.86. The summed E-state index contributed by atoms with van der Waals surface area (Å²) in [7, 11) is 6.56. The zero-order valence-electron chi connectivity index (χ0n) is 9.58. The topological polar surface area (TPSA) is 6.48 Å². The molecule has 0 radical (unpaired) electrons. The first kappa shape index (κ1) is 11.0. The van der Waals surface area contributed by atoms with Crippen molar-refractivity contribution in [3.63, 3.8) is 0 Å². The summed E-state index contributed by atoms with van der Waals surface area (Å²) in [5.74, 6) is 0.951. The van der Waals surface area contributed by atoms with Gasteiger partial charge in [0.25, 0.3) is 0 Å². The van der Waals surface area contributed by atoms with Crippen LogP contribution in [0.2, 0.25) is 0 Å². The van der Waals surface area contributed by atoms with E-state index in [1.807, 2.05) is 0 Å². The average Bonchev–Trinajstić information content (AvgIpc) is 2.47. The lowest BCUT2D eigenvalue weighted by Gasteiger charge is -2.25. The smallest absolute Gasteiger partial charge is 0.0109 e.